The average Bonchev–Trinajstić information content (AvgIpc) is 2.66. The number of phenolic OH excluding ortho intramolecular Hbond substituents is 1. The van der Waals surface area contributed by atoms with Crippen LogP contribution in [0.4, 0.5) is 5.69 Å². The topological polar surface area (TPSA) is 86.8 Å². The van der Waals surface area contributed by atoms with Gasteiger partial charge in [-0.05, 0) is 55.0 Å². The van der Waals surface area contributed by atoms with E-state index >= 15 is 0 Å². The van der Waals surface area contributed by atoms with Crippen molar-refractivity contribution < 1.29 is 19.3 Å². The first-order valence-corrected chi connectivity index (χ1v) is 8.89. The standard InChI is InChI=1S/C21H24N2O4.CH4/c1-4-26-18-7-6-15-14(11-23-12-16(15)20(18)24)8-13-9-17(22)21(27-5-2)19(10-13)25-3;/h6-7,9-12,24H,4-5,8,22H2,1-3H3;1H4. The van der Waals surface area contributed by atoms with Gasteiger partial charge in [0, 0.05) is 17.8 Å². The number of nitrogen functional groups attached to an aromatic ring is 1. The highest BCUT2D eigenvalue weighted by Crippen LogP contribution is 2.38. The molecular weight excluding hydrogens is 356 g/mol. The van der Waals surface area contributed by atoms with Gasteiger partial charge in [-0.15, -0.1) is 0 Å². The minimum atomic E-state index is 0. The summed E-state index contributed by atoms with van der Waals surface area (Å²) in [7, 11) is 1.59. The first-order valence-electron chi connectivity index (χ1n) is 8.89. The highest BCUT2D eigenvalue weighted by molar-refractivity contribution is 5.92. The normalized spacial score (nSPS) is 10.4. The number of methoxy groups -OCH3 is 1. The summed E-state index contributed by atoms with van der Waals surface area (Å²) < 4.78 is 16.5. The number of aromatic nitrogens is 1. The smallest absolute Gasteiger partial charge is 0.184 e. The SMILES string of the molecule is C.CCOc1ccc2c(Cc3cc(N)c(OCC)c(OC)c3)cncc2c1O. The van der Waals surface area contributed by atoms with Crippen molar-refractivity contribution in [2.75, 3.05) is 26.1 Å². The van der Waals surface area contributed by atoms with Crippen LogP contribution < -0.4 is 19.9 Å². The maximum atomic E-state index is 10.5. The Bertz CT molecular complexity index is 957. The number of phenols is 1. The molecule has 0 bridgehead atoms. The molecule has 0 fully saturated rings. The number of hydrogen-bond donors (Lipinski definition) is 2. The fourth-order valence-electron chi connectivity index (χ4n) is 3.14. The van der Waals surface area contributed by atoms with Gasteiger partial charge in [-0.1, -0.05) is 13.5 Å². The van der Waals surface area contributed by atoms with E-state index < -0.39 is 0 Å². The second kappa shape index (κ2) is 9.17. The Morgan fingerprint density at radius 2 is 1.75 bits per heavy atom. The van der Waals surface area contributed by atoms with Gasteiger partial charge in [0.2, 0.25) is 0 Å². The van der Waals surface area contributed by atoms with Gasteiger partial charge in [0.15, 0.2) is 23.0 Å². The molecule has 3 aromatic rings. The van der Waals surface area contributed by atoms with Gasteiger partial charge in [-0.25, -0.2) is 0 Å². The average molecular weight is 384 g/mol. The highest BCUT2D eigenvalue weighted by atomic mass is 16.5. The summed E-state index contributed by atoms with van der Waals surface area (Å²) >= 11 is 0. The second-order valence-electron chi connectivity index (χ2n) is 6.07. The van der Waals surface area contributed by atoms with Crippen LogP contribution in [-0.4, -0.2) is 30.4 Å². The van der Waals surface area contributed by atoms with E-state index in [2.05, 4.69) is 4.98 Å². The largest absolute Gasteiger partial charge is 0.504 e. The zero-order valence-electron chi connectivity index (χ0n) is 15.8. The van der Waals surface area contributed by atoms with Gasteiger partial charge in [0.25, 0.3) is 0 Å². The lowest BCUT2D eigenvalue weighted by atomic mass is 9.99. The first-order chi connectivity index (χ1) is 13.1. The quantitative estimate of drug-likeness (QED) is 0.581. The number of anilines is 1. The molecule has 0 aliphatic carbocycles. The molecule has 0 radical (unpaired) electrons. The van der Waals surface area contributed by atoms with Crippen molar-refractivity contribution in [1.82, 2.24) is 4.98 Å². The number of pyridine rings is 1. The summed E-state index contributed by atoms with van der Waals surface area (Å²) in [6.45, 7) is 4.77. The zero-order valence-corrected chi connectivity index (χ0v) is 15.8. The fraction of sp³-hybridized carbons (Fsp3) is 0.318. The fourth-order valence-corrected chi connectivity index (χ4v) is 3.14. The predicted molar refractivity (Wildman–Crippen MR) is 113 cm³/mol. The molecule has 0 saturated carbocycles. The number of hydrogen-bond acceptors (Lipinski definition) is 6. The monoisotopic (exact) mass is 384 g/mol. The third-order valence-corrected chi connectivity index (χ3v) is 4.31. The van der Waals surface area contributed by atoms with Crippen LogP contribution in [-0.2, 0) is 6.42 Å². The number of rotatable bonds is 7. The molecule has 0 aliphatic heterocycles. The zero-order chi connectivity index (χ0) is 19.4. The van der Waals surface area contributed by atoms with E-state index in [0.29, 0.717) is 48.0 Å². The van der Waals surface area contributed by atoms with Crippen LogP contribution in [0.2, 0.25) is 0 Å². The third kappa shape index (κ3) is 4.06. The van der Waals surface area contributed by atoms with E-state index in [0.717, 1.165) is 16.5 Å². The van der Waals surface area contributed by atoms with E-state index in [4.69, 9.17) is 19.9 Å². The molecule has 0 amide bonds. The molecule has 0 saturated heterocycles. The lowest BCUT2D eigenvalue weighted by Gasteiger charge is -2.15. The molecule has 6 nitrogen and oxygen atoms in total. The van der Waals surface area contributed by atoms with Crippen molar-refractivity contribution in [3.8, 4) is 23.0 Å². The van der Waals surface area contributed by atoms with Gasteiger partial charge in [0.1, 0.15) is 0 Å². The van der Waals surface area contributed by atoms with Crippen LogP contribution in [0, 0.1) is 0 Å². The Morgan fingerprint density at radius 3 is 2.43 bits per heavy atom. The summed E-state index contributed by atoms with van der Waals surface area (Å²) in [5.41, 5.74) is 8.62. The molecule has 0 atom stereocenters. The highest BCUT2D eigenvalue weighted by Gasteiger charge is 2.14. The number of nitrogens with zero attached hydrogens (tertiary/aromatic N) is 1. The van der Waals surface area contributed by atoms with E-state index in [1.54, 1.807) is 25.6 Å². The summed E-state index contributed by atoms with van der Waals surface area (Å²) in [6, 6.07) is 7.50. The van der Waals surface area contributed by atoms with Crippen molar-refractivity contribution in [3.05, 3.63) is 47.8 Å². The summed E-state index contributed by atoms with van der Waals surface area (Å²) in [4.78, 5) is 4.28. The van der Waals surface area contributed by atoms with Crippen LogP contribution in [0.1, 0.15) is 32.4 Å². The minimum absolute atomic E-state index is 0. The molecular formula is C22H28N2O4. The summed E-state index contributed by atoms with van der Waals surface area (Å²) in [5, 5.41) is 12.0. The number of benzene rings is 2. The Kier molecular flexibility index (Phi) is 6.93. The molecule has 1 aromatic heterocycles. The molecule has 0 spiro atoms. The van der Waals surface area contributed by atoms with E-state index in [9.17, 15) is 5.11 Å². The van der Waals surface area contributed by atoms with Gasteiger partial charge in [0.05, 0.1) is 26.0 Å². The minimum Gasteiger partial charge on any atom is -0.504 e. The number of fused-ring (bicyclic) bond motifs is 1. The van der Waals surface area contributed by atoms with Crippen LogP contribution in [0.25, 0.3) is 10.8 Å². The molecule has 0 unspecified atom stereocenters. The maximum Gasteiger partial charge on any atom is 0.184 e. The number of ether oxygens (including phenoxy) is 3. The Hall–Kier alpha value is -3.15. The lowest BCUT2D eigenvalue weighted by molar-refractivity contribution is 0.312. The Morgan fingerprint density at radius 1 is 1.00 bits per heavy atom. The molecule has 6 heteroatoms. The molecule has 3 rings (SSSR count). The van der Waals surface area contributed by atoms with Crippen LogP contribution in [0.5, 0.6) is 23.0 Å². The van der Waals surface area contributed by atoms with Gasteiger partial charge in [-0.2, -0.15) is 0 Å². The number of nitrogens with two attached hydrogens (primary N) is 1. The molecule has 28 heavy (non-hydrogen) atoms. The molecule has 150 valence electrons. The summed E-state index contributed by atoms with van der Waals surface area (Å²) in [5.74, 6) is 1.71. The van der Waals surface area contributed by atoms with Crippen molar-refractivity contribution in [2.45, 2.75) is 27.7 Å². The predicted octanol–water partition coefficient (Wildman–Crippen LogP) is 4.56. The van der Waals surface area contributed by atoms with Crippen molar-refractivity contribution in [2.24, 2.45) is 0 Å². The number of aromatic hydroxyl groups is 1. The Balaban J connectivity index is 0.00000280. The van der Waals surface area contributed by atoms with E-state index in [1.807, 2.05) is 32.0 Å². The summed E-state index contributed by atoms with van der Waals surface area (Å²) in [6.07, 6.45) is 4.02. The molecule has 1 heterocycles. The van der Waals surface area contributed by atoms with Crippen molar-refractivity contribution in [1.29, 1.82) is 0 Å². The van der Waals surface area contributed by atoms with E-state index in [1.165, 1.54) is 0 Å². The van der Waals surface area contributed by atoms with Gasteiger partial charge in [-0.3, -0.25) is 4.98 Å². The Labute approximate surface area is 165 Å². The molecule has 2 aromatic carbocycles. The van der Waals surface area contributed by atoms with Crippen molar-refractivity contribution >= 4 is 16.5 Å². The first kappa shape index (κ1) is 21.2. The molecule has 0 aliphatic rings. The maximum absolute atomic E-state index is 10.5. The van der Waals surface area contributed by atoms with Gasteiger partial charge < -0.3 is 25.1 Å². The molecule has 3 N–H and O–H groups in total. The third-order valence-electron chi connectivity index (χ3n) is 4.31. The van der Waals surface area contributed by atoms with Crippen LogP contribution in [0.3, 0.4) is 0 Å². The van der Waals surface area contributed by atoms with Crippen molar-refractivity contribution in [3.63, 3.8) is 0 Å². The second-order valence-corrected chi connectivity index (χ2v) is 6.07. The van der Waals surface area contributed by atoms with Crippen LogP contribution >= 0.6 is 0 Å². The van der Waals surface area contributed by atoms with Gasteiger partial charge >= 0.3 is 0 Å². The lowest BCUT2D eigenvalue weighted by Crippen LogP contribution is -2.02. The van der Waals surface area contributed by atoms with Crippen LogP contribution in [0.15, 0.2) is 36.7 Å². The van der Waals surface area contributed by atoms with E-state index in [-0.39, 0.29) is 13.2 Å².